The Bertz CT molecular complexity index is 1300. The first-order chi connectivity index (χ1) is 14.9. The Balaban J connectivity index is 1.70. The van der Waals surface area contributed by atoms with E-state index in [1.807, 2.05) is 31.2 Å². The molecule has 5 nitrogen and oxygen atoms in total. The van der Waals surface area contributed by atoms with Gasteiger partial charge in [0.15, 0.2) is 11.4 Å². The van der Waals surface area contributed by atoms with Gasteiger partial charge >= 0.3 is 0 Å². The van der Waals surface area contributed by atoms with Crippen LogP contribution in [0.4, 0.5) is 0 Å². The van der Waals surface area contributed by atoms with E-state index < -0.39 is 11.6 Å². The molecule has 0 radical (unpaired) electrons. The van der Waals surface area contributed by atoms with E-state index >= 15 is 0 Å². The molecule has 31 heavy (non-hydrogen) atoms. The van der Waals surface area contributed by atoms with Crippen molar-refractivity contribution in [1.82, 2.24) is 14.5 Å². The van der Waals surface area contributed by atoms with Gasteiger partial charge in [0.2, 0.25) is 5.78 Å². The molecule has 2 aromatic carbocycles. The minimum atomic E-state index is -0.464. The summed E-state index contributed by atoms with van der Waals surface area (Å²) in [6.07, 6.45) is 0.827. The number of hydrogen-bond donors (Lipinski definition) is 0. The van der Waals surface area contributed by atoms with Crippen LogP contribution in [0, 0.1) is 13.8 Å². The molecular weight excluding hydrogens is 386 g/mol. The molecule has 5 heteroatoms. The Hall–Kier alpha value is -3.60. The normalized spacial score (nSPS) is 11.1. The number of pyridine rings is 1. The third kappa shape index (κ3) is 3.91. The van der Waals surface area contributed by atoms with Crippen molar-refractivity contribution in [3.8, 4) is 11.1 Å². The molecule has 0 unspecified atom stereocenters. The molecule has 0 bridgehead atoms. The number of hydrogen-bond acceptors (Lipinski definition) is 4. The van der Waals surface area contributed by atoms with Crippen LogP contribution >= 0.6 is 0 Å². The summed E-state index contributed by atoms with van der Waals surface area (Å²) in [5.41, 5.74) is 7.22. The molecule has 0 N–H and O–H groups in total. The maximum Gasteiger partial charge on any atom is 0.228 e. The van der Waals surface area contributed by atoms with Crippen LogP contribution in [0.2, 0.25) is 0 Å². The van der Waals surface area contributed by atoms with Gasteiger partial charge in [-0.2, -0.15) is 0 Å². The molecule has 0 spiro atoms. The fraction of sp³-hybridized carbons (Fsp3) is 0.231. The van der Waals surface area contributed by atoms with Crippen molar-refractivity contribution < 1.29 is 9.59 Å². The quantitative estimate of drug-likeness (QED) is 0.327. The van der Waals surface area contributed by atoms with Crippen molar-refractivity contribution in [2.24, 2.45) is 0 Å². The highest BCUT2D eigenvalue weighted by Crippen LogP contribution is 2.26. The zero-order valence-electron chi connectivity index (χ0n) is 18.3. The first kappa shape index (κ1) is 20.7. The van der Waals surface area contributed by atoms with Gasteiger partial charge in [0.1, 0.15) is 11.3 Å². The van der Waals surface area contributed by atoms with Crippen molar-refractivity contribution in [1.29, 1.82) is 0 Å². The van der Waals surface area contributed by atoms with Crippen LogP contribution in [-0.4, -0.2) is 26.1 Å². The summed E-state index contributed by atoms with van der Waals surface area (Å²) < 4.78 is 2.18. The summed E-state index contributed by atoms with van der Waals surface area (Å²) in [5.74, 6) is 0.0906. The van der Waals surface area contributed by atoms with E-state index in [2.05, 4.69) is 36.6 Å². The second-order valence-corrected chi connectivity index (χ2v) is 7.85. The average molecular weight is 412 g/mol. The zero-order chi connectivity index (χ0) is 22.1. The van der Waals surface area contributed by atoms with Crippen LogP contribution in [0.15, 0.2) is 54.6 Å². The van der Waals surface area contributed by atoms with E-state index in [9.17, 15) is 9.59 Å². The summed E-state index contributed by atoms with van der Waals surface area (Å²) >= 11 is 0. The molecule has 0 aliphatic carbocycles. The minimum absolute atomic E-state index is 0.437. The average Bonchev–Trinajstić information content (AvgIpc) is 3.11. The molecule has 2 aromatic heterocycles. The maximum atomic E-state index is 12.3. The van der Waals surface area contributed by atoms with Gasteiger partial charge in [-0.15, -0.1) is 0 Å². The van der Waals surface area contributed by atoms with Crippen LogP contribution in [-0.2, 0) is 17.8 Å². The number of aromatic nitrogens is 3. The number of ketones is 2. The molecular formula is C26H25N3O2. The smallest absolute Gasteiger partial charge is 0.228 e. The predicted octanol–water partition coefficient (Wildman–Crippen LogP) is 5.10. The topological polar surface area (TPSA) is 64.8 Å². The van der Waals surface area contributed by atoms with E-state index in [0.29, 0.717) is 12.1 Å². The van der Waals surface area contributed by atoms with Gasteiger partial charge in [-0.1, -0.05) is 55.5 Å². The molecule has 0 fully saturated rings. The highest BCUT2D eigenvalue weighted by Gasteiger charge is 2.17. The molecule has 2 heterocycles. The summed E-state index contributed by atoms with van der Waals surface area (Å²) in [5, 5.41) is 0. The van der Waals surface area contributed by atoms with Gasteiger partial charge in [0, 0.05) is 24.6 Å². The minimum Gasteiger partial charge on any atom is -0.308 e. The van der Waals surface area contributed by atoms with Gasteiger partial charge in [0.05, 0.1) is 6.54 Å². The van der Waals surface area contributed by atoms with Crippen LogP contribution in [0.5, 0.6) is 0 Å². The fourth-order valence-electron chi connectivity index (χ4n) is 3.98. The lowest BCUT2D eigenvalue weighted by Gasteiger charge is -2.11. The molecule has 156 valence electrons. The Kier molecular flexibility index (Phi) is 5.51. The summed E-state index contributed by atoms with van der Waals surface area (Å²) in [6, 6.07) is 17.4. The fourth-order valence-corrected chi connectivity index (χ4v) is 3.98. The van der Waals surface area contributed by atoms with Gasteiger partial charge in [-0.3, -0.25) is 9.59 Å². The zero-order valence-corrected chi connectivity index (χ0v) is 18.3. The van der Waals surface area contributed by atoms with Crippen molar-refractivity contribution >= 4 is 22.7 Å². The lowest BCUT2D eigenvalue weighted by molar-refractivity contribution is -0.113. The number of carbonyl (C=O) groups excluding carboxylic acids is 2. The Morgan fingerprint density at radius 3 is 2.35 bits per heavy atom. The van der Waals surface area contributed by atoms with Crippen LogP contribution in [0.1, 0.15) is 46.9 Å². The molecule has 0 amide bonds. The van der Waals surface area contributed by atoms with Crippen molar-refractivity contribution in [2.75, 3.05) is 0 Å². The Morgan fingerprint density at radius 1 is 0.968 bits per heavy atom. The largest absolute Gasteiger partial charge is 0.308 e. The molecule has 4 aromatic rings. The van der Waals surface area contributed by atoms with Gasteiger partial charge in [0.25, 0.3) is 0 Å². The number of carbonyl (C=O) groups is 2. The standard InChI is InChI=1S/C26H25N3O2/c1-5-23-28-24-16(2)14-17(3)27-26(24)29(23)15-19-10-12-20(13-11-19)21-8-6-7-9-22(21)25(31)18(4)30/h6-14H,5,15H2,1-4H3. The first-order valence-corrected chi connectivity index (χ1v) is 10.5. The molecule has 0 saturated carbocycles. The summed E-state index contributed by atoms with van der Waals surface area (Å²) in [4.78, 5) is 33.5. The summed E-state index contributed by atoms with van der Waals surface area (Å²) in [6.45, 7) is 8.16. The molecule has 0 atom stereocenters. The number of nitrogens with zero attached hydrogens (tertiary/aromatic N) is 3. The molecule has 0 aliphatic heterocycles. The second-order valence-electron chi connectivity index (χ2n) is 7.85. The molecule has 4 rings (SSSR count). The van der Waals surface area contributed by atoms with E-state index in [1.165, 1.54) is 6.92 Å². The van der Waals surface area contributed by atoms with Crippen molar-refractivity contribution in [3.05, 3.63) is 82.8 Å². The number of Topliss-reactive ketones (excluding diaryl/α,β-unsaturated/α-hetero) is 2. The number of aryl methyl sites for hydroxylation is 3. The van der Waals surface area contributed by atoms with Gasteiger partial charge in [-0.25, -0.2) is 9.97 Å². The van der Waals surface area contributed by atoms with Gasteiger partial charge < -0.3 is 4.57 Å². The van der Waals surface area contributed by atoms with E-state index in [-0.39, 0.29) is 0 Å². The third-order valence-electron chi connectivity index (χ3n) is 5.51. The van der Waals surface area contributed by atoms with Gasteiger partial charge in [-0.05, 0) is 42.2 Å². The maximum absolute atomic E-state index is 12.3. The number of fused-ring (bicyclic) bond motifs is 1. The number of benzene rings is 2. The SMILES string of the molecule is CCc1nc2c(C)cc(C)nc2n1Cc1ccc(-c2ccccc2C(=O)C(C)=O)cc1. The van der Waals surface area contributed by atoms with E-state index in [1.54, 1.807) is 12.1 Å². The molecule has 0 saturated heterocycles. The van der Waals surface area contributed by atoms with E-state index in [0.717, 1.165) is 51.4 Å². The number of imidazole rings is 1. The lowest BCUT2D eigenvalue weighted by Crippen LogP contribution is -2.11. The number of rotatable bonds is 6. The van der Waals surface area contributed by atoms with Crippen LogP contribution < -0.4 is 0 Å². The first-order valence-electron chi connectivity index (χ1n) is 10.5. The Morgan fingerprint density at radius 2 is 1.68 bits per heavy atom. The van der Waals surface area contributed by atoms with Crippen LogP contribution in [0.3, 0.4) is 0 Å². The third-order valence-corrected chi connectivity index (χ3v) is 5.51. The van der Waals surface area contributed by atoms with Crippen LogP contribution in [0.25, 0.3) is 22.3 Å². The van der Waals surface area contributed by atoms with Crippen molar-refractivity contribution in [3.63, 3.8) is 0 Å². The summed E-state index contributed by atoms with van der Waals surface area (Å²) in [7, 11) is 0. The highest BCUT2D eigenvalue weighted by molar-refractivity contribution is 6.44. The van der Waals surface area contributed by atoms with E-state index in [4.69, 9.17) is 9.97 Å². The monoisotopic (exact) mass is 411 g/mol. The van der Waals surface area contributed by atoms with Crippen molar-refractivity contribution in [2.45, 2.75) is 40.7 Å². The Labute approximate surface area is 181 Å². The molecule has 0 aliphatic rings. The second kappa shape index (κ2) is 8.26. The lowest BCUT2D eigenvalue weighted by atomic mass is 9.95. The highest BCUT2D eigenvalue weighted by atomic mass is 16.2. The predicted molar refractivity (Wildman–Crippen MR) is 122 cm³/mol.